The molecule has 26 heavy (non-hydrogen) atoms. The summed E-state index contributed by atoms with van der Waals surface area (Å²) in [6.45, 7) is 3.47. The molecule has 2 aliphatic heterocycles. The van der Waals surface area contributed by atoms with Gasteiger partial charge in [0.1, 0.15) is 0 Å². The number of methoxy groups -OCH3 is 1. The Morgan fingerprint density at radius 2 is 2.12 bits per heavy atom. The van der Waals surface area contributed by atoms with E-state index in [-0.39, 0.29) is 23.6 Å². The standard InChI is InChI=1S/C18H32N4O3S/c1-10-19-8-15(26-10)18(23)20-14-6-4-11-7-12(3-5-13(11)14)17-21-16(9-24-2)25-22-17/h10-17,19,21-22H,3-9H2,1-2H3,(H,20,23)/t10?,11?,12?,13?,14-,15?,16?,17?/m1/s1. The molecule has 0 bridgehead atoms. The zero-order chi connectivity index (χ0) is 18.1. The van der Waals surface area contributed by atoms with Gasteiger partial charge in [0.05, 0.1) is 23.4 Å². The van der Waals surface area contributed by atoms with Crippen LogP contribution in [-0.4, -0.2) is 55.2 Å². The fraction of sp³-hybridized carbons (Fsp3) is 0.944. The van der Waals surface area contributed by atoms with E-state index in [0.29, 0.717) is 29.9 Å². The third-order valence-corrected chi connectivity index (χ3v) is 7.80. The first-order valence-corrected chi connectivity index (χ1v) is 10.9. The number of hydroxylamine groups is 1. The van der Waals surface area contributed by atoms with Crippen LogP contribution < -0.4 is 21.4 Å². The van der Waals surface area contributed by atoms with Crippen molar-refractivity contribution in [2.75, 3.05) is 20.3 Å². The predicted molar refractivity (Wildman–Crippen MR) is 101 cm³/mol. The third-order valence-electron chi connectivity index (χ3n) is 6.52. The van der Waals surface area contributed by atoms with E-state index in [1.807, 2.05) is 0 Å². The molecule has 148 valence electrons. The number of nitrogens with one attached hydrogen (secondary N) is 4. The Bertz CT molecular complexity index is 511. The number of carbonyl (C=O) groups excluding carboxylic acids is 1. The summed E-state index contributed by atoms with van der Waals surface area (Å²) in [5, 5.41) is 10.7. The molecule has 4 fully saturated rings. The van der Waals surface area contributed by atoms with Crippen LogP contribution in [0.5, 0.6) is 0 Å². The van der Waals surface area contributed by atoms with Crippen LogP contribution in [0, 0.1) is 17.8 Å². The van der Waals surface area contributed by atoms with Gasteiger partial charge >= 0.3 is 0 Å². The third kappa shape index (κ3) is 4.05. The second-order valence-electron chi connectivity index (χ2n) is 8.19. The number of hydrogen-bond acceptors (Lipinski definition) is 7. The van der Waals surface area contributed by atoms with Crippen LogP contribution in [0.2, 0.25) is 0 Å². The van der Waals surface area contributed by atoms with Crippen molar-refractivity contribution in [1.82, 2.24) is 21.4 Å². The van der Waals surface area contributed by atoms with Gasteiger partial charge in [-0.15, -0.1) is 11.8 Å². The molecular weight excluding hydrogens is 352 g/mol. The van der Waals surface area contributed by atoms with Crippen molar-refractivity contribution >= 4 is 17.7 Å². The maximum absolute atomic E-state index is 12.6. The second kappa shape index (κ2) is 8.32. The molecule has 8 atom stereocenters. The molecule has 0 aromatic rings. The maximum Gasteiger partial charge on any atom is 0.234 e. The minimum absolute atomic E-state index is 0.0572. The normalized spacial score (nSPS) is 45.6. The Balaban J connectivity index is 1.26. The minimum atomic E-state index is -0.0572. The Labute approximate surface area is 160 Å². The number of thioether (sulfide) groups is 1. The van der Waals surface area contributed by atoms with Crippen molar-refractivity contribution in [3.05, 3.63) is 0 Å². The van der Waals surface area contributed by atoms with Crippen molar-refractivity contribution in [2.24, 2.45) is 17.8 Å². The molecule has 0 spiro atoms. The molecule has 0 radical (unpaired) electrons. The van der Waals surface area contributed by atoms with E-state index in [1.54, 1.807) is 18.9 Å². The first-order valence-electron chi connectivity index (χ1n) is 9.99. The van der Waals surface area contributed by atoms with Crippen LogP contribution in [0.15, 0.2) is 0 Å². The zero-order valence-electron chi connectivity index (χ0n) is 15.7. The van der Waals surface area contributed by atoms with E-state index in [2.05, 4.69) is 28.4 Å². The zero-order valence-corrected chi connectivity index (χ0v) is 16.5. The summed E-state index contributed by atoms with van der Waals surface area (Å²) in [5.41, 5.74) is 3.16. The number of rotatable bonds is 5. The van der Waals surface area contributed by atoms with Crippen molar-refractivity contribution in [3.8, 4) is 0 Å². The molecule has 4 aliphatic rings. The predicted octanol–water partition coefficient (Wildman–Crippen LogP) is 0.772. The monoisotopic (exact) mass is 384 g/mol. The molecule has 4 rings (SSSR count). The van der Waals surface area contributed by atoms with Gasteiger partial charge in [-0.25, -0.2) is 0 Å². The summed E-state index contributed by atoms with van der Waals surface area (Å²) in [5.74, 6) is 2.18. The van der Waals surface area contributed by atoms with Gasteiger partial charge in [0.2, 0.25) is 5.91 Å². The lowest BCUT2D eigenvalue weighted by Gasteiger charge is -2.36. The van der Waals surface area contributed by atoms with Crippen LogP contribution >= 0.6 is 11.8 Å². The molecule has 2 aliphatic carbocycles. The molecule has 2 saturated carbocycles. The van der Waals surface area contributed by atoms with E-state index >= 15 is 0 Å². The number of amides is 1. The highest BCUT2D eigenvalue weighted by atomic mass is 32.2. The van der Waals surface area contributed by atoms with Gasteiger partial charge in [-0.3, -0.25) is 14.9 Å². The summed E-state index contributed by atoms with van der Waals surface area (Å²) in [6, 6.07) is 0.368. The highest BCUT2D eigenvalue weighted by Crippen LogP contribution is 2.45. The number of ether oxygens (including phenoxy) is 1. The van der Waals surface area contributed by atoms with Gasteiger partial charge in [-0.1, -0.05) is 0 Å². The summed E-state index contributed by atoms with van der Waals surface area (Å²) >= 11 is 1.74. The Morgan fingerprint density at radius 1 is 1.27 bits per heavy atom. The first-order chi connectivity index (χ1) is 12.6. The molecule has 2 heterocycles. The molecule has 7 unspecified atom stereocenters. The topological polar surface area (TPSA) is 83.7 Å². The Hall–Kier alpha value is -0.380. The van der Waals surface area contributed by atoms with Gasteiger partial charge in [0.15, 0.2) is 6.23 Å². The quantitative estimate of drug-likeness (QED) is 0.557. The van der Waals surface area contributed by atoms with Crippen molar-refractivity contribution < 1.29 is 14.4 Å². The van der Waals surface area contributed by atoms with Crippen molar-refractivity contribution in [3.63, 3.8) is 0 Å². The van der Waals surface area contributed by atoms with E-state index in [4.69, 9.17) is 9.57 Å². The fourth-order valence-electron chi connectivity index (χ4n) is 5.21. The highest BCUT2D eigenvalue weighted by molar-refractivity contribution is 8.01. The van der Waals surface area contributed by atoms with Gasteiger partial charge < -0.3 is 15.4 Å². The first kappa shape index (κ1) is 19.0. The number of fused-ring (bicyclic) bond motifs is 1. The van der Waals surface area contributed by atoms with E-state index in [9.17, 15) is 4.79 Å². The van der Waals surface area contributed by atoms with Gasteiger partial charge in [-0.2, -0.15) is 5.48 Å². The molecule has 0 aromatic carbocycles. The number of hydrogen-bond donors (Lipinski definition) is 4. The Kier molecular flexibility index (Phi) is 6.07. The molecular formula is C18H32N4O3S. The van der Waals surface area contributed by atoms with Crippen LogP contribution in [0.4, 0.5) is 0 Å². The molecule has 4 N–H and O–H groups in total. The summed E-state index contributed by atoms with van der Waals surface area (Å²) < 4.78 is 5.16. The molecule has 2 saturated heterocycles. The summed E-state index contributed by atoms with van der Waals surface area (Å²) in [6.07, 6.45) is 6.10. The molecule has 7 nitrogen and oxygen atoms in total. The largest absolute Gasteiger partial charge is 0.380 e. The highest BCUT2D eigenvalue weighted by Gasteiger charge is 2.44. The molecule has 1 amide bonds. The van der Waals surface area contributed by atoms with Gasteiger partial charge in [-0.05, 0) is 56.8 Å². The lowest BCUT2D eigenvalue weighted by atomic mass is 9.74. The number of carbonyl (C=O) groups is 1. The lowest BCUT2D eigenvalue weighted by Crippen LogP contribution is -2.47. The summed E-state index contributed by atoms with van der Waals surface area (Å²) in [7, 11) is 1.69. The minimum Gasteiger partial charge on any atom is -0.380 e. The lowest BCUT2D eigenvalue weighted by molar-refractivity contribution is -0.121. The molecule has 8 heteroatoms. The van der Waals surface area contributed by atoms with Gasteiger partial charge in [0, 0.05) is 19.7 Å². The van der Waals surface area contributed by atoms with Crippen LogP contribution in [0.1, 0.15) is 39.0 Å². The summed E-state index contributed by atoms with van der Waals surface area (Å²) in [4.78, 5) is 18.1. The average Bonchev–Trinajstić information content (AvgIpc) is 3.35. The van der Waals surface area contributed by atoms with E-state index in [1.165, 1.54) is 25.7 Å². The van der Waals surface area contributed by atoms with E-state index in [0.717, 1.165) is 18.9 Å². The van der Waals surface area contributed by atoms with Crippen LogP contribution in [0.25, 0.3) is 0 Å². The van der Waals surface area contributed by atoms with E-state index < -0.39 is 0 Å². The van der Waals surface area contributed by atoms with Crippen LogP contribution in [0.3, 0.4) is 0 Å². The molecule has 0 aromatic heterocycles. The average molecular weight is 385 g/mol. The van der Waals surface area contributed by atoms with Crippen LogP contribution in [-0.2, 0) is 14.4 Å². The van der Waals surface area contributed by atoms with Crippen molar-refractivity contribution in [2.45, 2.75) is 68.1 Å². The SMILES string of the molecule is COCC1NC(C2CCC3C(CC[C@H]3NC(=O)C3CNC(C)S3)C2)NO1. The van der Waals surface area contributed by atoms with Crippen molar-refractivity contribution in [1.29, 1.82) is 0 Å². The second-order valence-corrected chi connectivity index (χ2v) is 9.74. The maximum atomic E-state index is 12.6. The Morgan fingerprint density at radius 3 is 2.88 bits per heavy atom. The van der Waals surface area contributed by atoms with Gasteiger partial charge in [0.25, 0.3) is 0 Å². The smallest absolute Gasteiger partial charge is 0.234 e. The fourth-order valence-corrected chi connectivity index (χ4v) is 6.28.